The van der Waals surface area contributed by atoms with Crippen molar-refractivity contribution in [2.75, 3.05) is 17.6 Å². The fourth-order valence-corrected chi connectivity index (χ4v) is 4.88. The Labute approximate surface area is 227 Å². The van der Waals surface area contributed by atoms with Crippen LogP contribution in [0.3, 0.4) is 0 Å². The Morgan fingerprint density at radius 1 is 0.975 bits per heavy atom. The first kappa shape index (κ1) is 26.4. The Morgan fingerprint density at radius 3 is 2.45 bits per heavy atom. The van der Waals surface area contributed by atoms with Crippen LogP contribution in [0, 0.1) is 0 Å². The van der Waals surface area contributed by atoms with E-state index in [9.17, 15) is 18.0 Å². The summed E-state index contributed by atoms with van der Waals surface area (Å²) in [6.07, 6.45) is 0.310. The van der Waals surface area contributed by atoms with E-state index in [1.165, 1.54) is 34.5 Å². The lowest BCUT2D eigenvalue weighted by Gasteiger charge is -2.13. The van der Waals surface area contributed by atoms with Crippen molar-refractivity contribution in [2.24, 2.45) is 0 Å². The number of carboxylic acids is 1. The average Bonchev–Trinajstić information content (AvgIpc) is 3.51. The third-order valence-electron chi connectivity index (χ3n) is 5.67. The van der Waals surface area contributed by atoms with Crippen molar-refractivity contribution in [3.63, 3.8) is 0 Å². The highest BCUT2D eigenvalue weighted by Crippen LogP contribution is 2.32. The molecule has 40 heavy (non-hydrogen) atoms. The molecule has 0 aliphatic carbocycles. The van der Waals surface area contributed by atoms with Gasteiger partial charge in [-0.15, -0.1) is 14.8 Å². The molecule has 0 saturated carbocycles. The van der Waals surface area contributed by atoms with Crippen molar-refractivity contribution >= 4 is 33.4 Å². The monoisotopic (exact) mass is 562 g/mol. The maximum absolute atomic E-state index is 13.4. The van der Waals surface area contributed by atoms with Crippen LogP contribution in [0.15, 0.2) is 79.0 Å². The van der Waals surface area contributed by atoms with E-state index in [4.69, 9.17) is 14.6 Å². The zero-order valence-electron chi connectivity index (χ0n) is 21.0. The van der Waals surface area contributed by atoms with E-state index in [0.717, 1.165) is 0 Å². The summed E-state index contributed by atoms with van der Waals surface area (Å²) in [7, 11) is -2.62. The number of nitrogens with zero attached hydrogens (tertiary/aromatic N) is 5. The molecule has 0 amide bonds. The molecule has 2 aromatic carbocycles. The summed E-state index contributed by atoms with van der Waals surface area (Å²) >= 11 is 0. The first-order valence-electron chi connectivity index (χ1n) is 11.8. The van der Waals surface area contributed by atoms with Gasteiger partial charge in [-0.3, -0.25) is 14.5 Å². The predicted octanol–water partition coefficient (Wildman–Crippen LogP) is 3.53. The number of sulfonamides is 1. The summed E-state index contributed by atoms with van der Waals surface area (Å²) in [6.45, 7) is 0. The van der Waals surface area contributed by atoms with Crippen LogP contribution in [-0.2, 0) is 14.8 Å². The van der Waals surface area contributed by atoms with Crippen LogP contribution < -0.4 is 14.2 Å². The van der Waals surface area contributed by atoms with Gasteiger partial charge < -0.3 is 14.6 Å². The molecule has 2 N–H and O–H groups in total. The van der Waals surface area contributed by atoms with Crippen LogP contribution in [0.4, 0.5) is 10.5 Å². The number of ether oxygens (including phenoxy) is 2. The van der Waals surface area contributed by atoms with E-state index in [0.29, 0.717) is 28.3 Å². The molecular weight excluding hydrogens is 540 g/mol. The molecule has 5 aromatic rings. The lowest BCUT2D eigenvalue weighted by molar-refractivity contribution is -0.136. The summed E-state index contributed by atoms with van der Waals surface area (Å²) in [5.74, 6) is -1.26. The van der Waals surface area contributed by atoms with Gasteiger partial charge in [0.05, 0.1) is 30.7 Å². The van der Waals surface area contributed by atoms with Crippen molar-refractivity contribution in [1.82, 2.24) is 24.4 Å². The Balaban J connectivity index is 1.56. The molecule has 0 radical (unpaired) electrons. The van der Waals surface area contributed by atoms with Crippen molar-refractivity contribution in [3.05, 3.63) is 79.0 Å². The lowest BCUT2D eigenvalue weighted by atomic mass is 10.2. The number of nitrogens with one attached hydrogen (secondary N) is 1. The quantitative estimate of drug-likeness (QED) is 0.271. The highest BCUT2D eigenvalue weighted by molar-refractivity contribution is 7.92. The van der Waals surface area contributed by atoms with Crippen molar-refractivity contribution in [1.29, 1.82) is 0 Å². The summed E-state index contributed by atoms with van der Waals surface area (Å²) in [5.41, 5.74) is 1.84. The van der Waals surface area contributed by atoms with Crippen LogP contribution in [0.1, 0.15) is 6.42 Å². The number of aliphatic carboxylic acids is 1. The van der Waals surface area contributed by atoms with Gasteiger partial charge in [0.15, 0.2) is 11.5 Å². The zero-order chi connectivity index (χ0) is 28.3. The number of para-hydroxylation sites is 1. The summed E-state index contributed by atoms with van der Waals surface area (Å²) in [6, 6.07) is 20.0. The number of benzene rings is 2. The van der Waals surface area contributed by atoms with E-state index >= 15 is 0 Å². The number of rotatable bonds is 9. The normalized spacial score (nSPS) is 11.3. The number of carbonyl (C=O) groups is 2. The molecular formula is C26H22N6O7S. The van der Waals surface area contributed by atoms with Crippen LogP contribution >= 0.6 is 0 Å². The third kappa shape index (κ3) is 5.61. The Kier molecular flexibility index (Phi) is 7.16. The fraction of sp³-hybridized carbons (Fsp3) is 0.115. The summed E-state index contributed by atoms with van der Waals surface area (Å²) < 4.78 is 40.5. The molecule has 3 aromatic heterocycles. The number of hydrogen-bond donors (Lipinski definition) is 2. The zero-order valence-corrected chi connectivity index (χ0v) is 21.8. The molecule has 14 heteroatoms. The molecule has 0 atom stereocenters. The van der Waals surface area contributed by atoms with Gasteiger partial charge in [0.25, 0.3) is 0 Å². The standard InChI is InChI=1S/C26H22N6O7S/c1-38-22-15-17(10-11-20(22)30-40(36,37)14-12-24(33)34)25-29-32-23(16-21(28-32)19-9-5-6-13-27-19)31(25)26(35)39-18-7-3-2-4-8-18/h2-11,13,15-16,30H,12,14H2,1H3,(H,33,34). The second kappa shape index (κ2) is 10.9. The molecule has 204 valence electrons. The number of pyridine rings is 1. The number of aromatic nitrogens is 5. The molecule has 0 saturated heterocycles. The van der Waals surface area contributed by atoms with E-state index in [-0.39, 0.29) is 17.3 Å². The van der Waals surface area contributed by atoms with E-state index < -0.39 is 34.3 Å². The van der Waals surface area contributed by atoms with E-state index in [1.807, 2.05) is 6.07 Å². The number of anilines is 1. The van der Waals surface area contributed by atoms with Gasteiger partial charge in [-0.1, -0.05) is 24.3 Å². The van der Waals surface area contributed by atoms with E-state index in [1.54, 1.807) is 54.7 Å². The summed E-state index contributed by atoms with van der Waals surface area (Å²) in [5, 5.41) is 17.8. The van der Waals surface area contributed by atoms with Crippen LogP contribution in [0.2, 0.25) is 0 Å². The number of carbonyl (C=O) groups excluding carboxylic acids is 1. The van der Waals surface area contributed by atoms with Crippen molar-refractivity contribution < 1.29 is 32.6 Å². The minimum atomic E-state index is -3.96. The fourth-order valence-electron chi connectivity index (χ4n) is 3.83. The first-order valence-corrected chi connectivity index (χ1v) is 13.5. The molecule has 5 rings (SSSR count). The molecule has 0 bridgehead atoms. The average molecular weight is 563 g/mol. The van der Waals surface area contributed by atoms with Crippen LogP contribution in [-0.4, -0.2) is 62.8 Å². The van der Waals surface area contributed by atoms with Crippen LogP contribution in [0.25, 0.3) is 28.4 Å². The number of methoxy groups -OCH3 is 1. The maximum atomic E-state index is 13.4. The molecule has 0 fully saturated rings. The van der Waals surface area contributed by atoms with Gasteiger partial charge >= 0.3 is 12.1 Å². The van der Waals surface area contributed by atoms with E-state index in [2.05, 4.69) is 19.9 Å². The minimum Gasteiger partial charge on any atom is -0.495 e. The molecule has 3 heterocycles. The SMILES string of the molecule is COc1cc(-c2nn3nc(-c4ccccn4)cc3n2C(=O)Oc2ccccc2)ccc1NS(=O)(=O)CCC(=O)O. The molecule has 13 nitrogen and oxygen atoms in total. The smallest absolute Gasteiger partial charge is 0.427 e. The van der Waals surface area contributed by atoms with Gasteiger partial charge in [-0.05, 0) is 42.5 Å². The van der Waals surface area contributed by atoms with Gasteiger partial charge in [0, 0.05) is 17.8 Å². The van der Waals surface area contributed by atoms with Crippen LogP contribution in [0.5, 0.6) is 11.5 Å². The third-order valence-corrected chi connectivity index (χ3v) is 6.94. The molecule has 0 unspecified atom stereocenters. The summed E-state index contributed by atoms with van der Waals surface area (Å²) in [4.78, 5) is 28.5. The lowest BCUT2D eigenvalue weighted by Crippen LogP contribution is -2.19. The minimum absolute atomic E-state index is 0.0869. The van der Waals surface area contributed by atoms with Gasteiger partial charge in [0.2, 0.25) is 10.0 Å². The van der Waals surface area contributed by atoms with Gasteiger partial charge in [-0.25, -0.2) is 17.8 Å². The second-order valence-electron chi connectivity index (χ2n) is 8.41. The number of carboxylic acid groups (broad SMARTS) is 1. The Morgan fingerprint density at radius 2 is 1.75 bits per heavy atom. The highest BCUT2D eigenvalue weighted by atomic mass is 32.2. The Hall–Kier alpha value is -5.24. The molecule has 0 aliphatic heterocycles. The Bertz CT molecular complexity index is 1800. The molecule has 0 spiro atoms. The van der Waals surface area contributed by atoms with Gasteiger partial charge in [0.1, 0.15) is 17.2 Å². The van der Waals surface area contributed by atoms with Crippen molar-refractivity contribution in [3.8, 4) is 34.3 Å². The highest BCUT2D eigenvalue weighted by Gasteiger charge is 2.24. The second-order valence-corrected chi connectivity index (χ2v) is 10.3. The van der Waals surface area contributed by atoms with Crippen molar-refractivity contribution in [2.45, 2.75) is 6.42 Å². The molecule has 0 aliphatic rings. The predicted molar refractivity (Wildman–Crippen MR) is 144 cm³/mol. The largest absolute Gasteiger partial charge is 0.495 e. The number of fused-ring (bicyclic) bond motifs is 1. The first-order chi connectivity index (χ1) is 19.2. The maximum Gasteiger partial charge on any atom is 0.427 e. The number of hydrogen-bond acceptors (Lipinski definition) is 9. The topological polar surface area (TPSA) is 167 Å². The van der Waals surface area contributed by atoms with Gasteiger partial charge in [-0.2, -0.15) is 0 Å².